The molecule has 0 amide bonds. The minimum Gasteiger partial charge on any atom is -0.481 e. The van der Waals surface area contributed by atoms with Crippen LogP contribution < -0.4 is 9.47 Å². The van der Waals surface area contributed by atoms with Crippen molar-refractivity contribution in [3.63, 3.8) is 0 Å². The fraction of sp³-hybridized carbons (Fsp3) is 0.727. The Balaban J connectivity index is 1.30. The molecule has 6 aliphatic rings. The average molecular weight is 505 g/mol. The molecule has 1 unspecified atom stereocenters. The molecule has 1 aliphatic heterocycles. The topological polar surface area (TPSA) is 55.8 Å². The first-order valence-corrected chi connectivity index (χ1v) is 14.6. The molecule has 0 bridgehead atoms. The number of allylic oxidation sites excluding steroid dienone is 2. The Kier molecular flexibility index (Phi) is 4.41. The second kappa shape index (κ2) is 6.77. The summed E-state index contributed by atoms with van der Waals surface area (Å²) in [5, 5.41) is 9.74. The Morgan fingerprint density at radius 2 is 1.76 bits per heavy atom. The molecule has 37 heavy (non-hydrogen) atoms. The SMILES string of the molecule is Cc1c2c(cc3c1OC(C)(C)O3)[C@]1(C)CC[C@@]3(C)[C@@H]4C[C@@]5(CC(=O)O)CC5C[C@]4(C)CC[C@]3(C)C1=CC2. The summed E-state index contributed by atoms with van der Waals surface area (Å²) in [4.78, 5) is 11.8. The summed E-state index contributed by atoms with van der Waals surface area (Å²) >= 11 is 0. The van der Waals surface area contributed by atoms with Gasteiger partial charge < -0.3 is 14.6 Å². The van der Waals surface area contributed by atoms with Crippen LogP contribution in [0.25, 0.3) is 0 Å². The number of ether oxygens (including phenoxy) is 2. The van der Waals surface area contributed by atoms with E-state index in [4.69, 9.17) is 9.47 Å². The zero-order chi connectivity index (χ0) is 26.4. The molecule has 4 fully saturated rings. The molecule has 1 aromatic rings. The summed E-state index contributed by atoms with van der Waals surface area (Å²) < 4.78 is 12.5. The van der Waals surface area contributed by atoms with Gasteiger partial charge in [0.05, 0.1) is 6.42 Å². The molecule has 7 atom stereocenters. The number of hydrogen-bond acceptors (Lipinski definition) is 3. The highest BCUT2D eigenvalue weighted by Crippen LogP contribution is 2.79. The number of hydrogen-bond donors (Lipinski definition) is 1. The first-order valence-electron chi connectivity index (χ1n) is 14.6. The van der Waals surface area contributed by atoms with Crippen LogP contribution in [-0.2, 0) is 16.6 Å². The van der Waals surface area contributed by atoms with Crippen molar-refractivity contribution in [2.24, 2.45) is 33.5 Å². The Morgan fingerprint density at radius 1 is 1.00 bits per heavy atom. The minimum absolute atomic E-state index is 0.000994. The Labute approximate surface area is 222 Å². The molecule has 200 valence electrons. The quantitative estimate of drug-likeness (QED) is 0.419. The lowest BCUT2D eigenvalue weighted by Gasteiger charge is -2.69. The maximum atomic E-state index is 11.8. The summed E-state index contributed by atoms with van der Waals surface area (Å²) in [5.41, 5.74) is 6.48. The number of carbonyl (C=O) groups is 1. The van der Waals surface area contributed by atoms with Crippen molar-refractivity contribution in [2.75, 3.05) is 0 Å². The van der Waals surface area contributed by atoms with Crippen LogP contribution in [0.1, 0.15) is 110 Å². The normalized spacial score (nSPS) is 46.0. The third-order valence-electron chi connectivity index (χ3n) is 13.0. The van der Waals surface area contributed by atoms with Gasteiger partial charge in [0.25, 0.3) is 0 Å². The van der Waals surface area contributed by atoms with E-state index in [1.54, 1.807) is 5.57 Å². The molecule has 1 heterocycles. The van der Waals surface area contributed by atoms with Crippen LogP contribution in [0.5, 0.6) is 11.5 Å². The summed E-state index contributed by atoms with van der Waals surface area (Å²) in [7, 11) is 0. The van der Waals surface area contributed by atoms with Gasteiger partial charge in [-0.05, 0) is 115 Å². The van der Waals surface area contributed by atoms with E-state index in [-0.39, 0.29) is 21.7 Å². The highest BCUT2D eigenvalue weighted by Gasteiger charge is 2.71. The maximum Gasteiger partial charge on any atom is 0.303 e. The molecule has 0 saturated heterocycles. The predicted octanol–water partition coefficient (Wildman–Crippen LogP) is 7.74. The molecule has 0 aromatic heterocycles. The fourth-order valence-corrected chi connectivity index (χ4v) is 10.8. The predicted molar refractivity (Wildman–Crippen MR) is 144 cm³/mol. The van der Waals surface area contributed by atoms with E-state index in [9.17, 15) is 9.90 Å². The second-order valence-corrected chi connectivity index (χ2v) is 15.3. The Bertz CT molecular complexity index is 1280. The molecular weight excluding hydrogens is 460 g/mol. The van der Waals surface area contributed by atoms with Crippen molar-refractivity contribution < 1.29 is 19.4 Å². The number of benzene rings is 1. The molecule has 1 N–H and O–H groups in total. The molecular formula is C33H44O4. The van der Waals surface area contributed by atoms with E-state index >= 15 is 0 Å². The van der Waals surface area contributed by atoms with Crippen LogP contribution in [-0.4, -0.2) is 16.9 Å². The lowest BCUT2D eigenvalue weighted by Crippen LogP contribution is -2.61. The number of fused-ring (bicyclic) bond motifs is 9. The zero-order valence-corrected chi connectivity index (χ0v) is 23.8. The van der Waals surface area contributed by atoms with Gasteiger partial charge in [-0.1, -0.05) is 39.3 Å². The highest BCUT2D eigenvalue weighted by molar-refractivity contribution is 5.68. The lowest BCUT2D eigenvalue weighted by molar-refractivity contribution is -0.154. The van der Waals surface area contributed by atoms with Gasteiger partial charge in [-0.25, -0.2) is 0 Å². The van der Waals surface area contributed by atoms with Gasteiger partial charge in [-0.3, -0.25) is 4.79 Å². The van der Waals surface area contributed by atoms with Gasteiger partial charge in [0.1, 0.15) is 0 Å². The van der Waals surface area contributed by atoms with Crippen LogP contribution in [0.4, 0.5) is 0 Å². The van der Waals surface area contributed by atoms with Crippen molar-refractivity contribution >= 4 is 5.97 Å². The highest BCUT2D eigenvalue weighted by atomic mass is 16.7. The van der Waals surface area contributed by atoms with Crippen molar-refractivity contribution in [3.8, 4) is 11.5 Å². The summed E-state index contributed by atoms with van der Waals surface area (Å²) in [6.07, 6.45) is 12.2. The molecule has 5 aliphatic carbocycles. The minimum atomic E-state index is -0.618. The van der Waals surface area contributed by atoms with Crippen LogP contribution in [0.15, 0.2) is 17.7 Å². The van der Waals surface area contributed by atoms with E-state index in [1.807, 2.05) is 13.8 Å². The van der Waals surface area contributed by atoms with Crippen LogP contribution in [0.3, 0.4) is 0 Å². The first kappa shape index (κ1) is 24.1. The van der Waals surface area contributed by atoms with E-state index < -0.39 is 11.8 Å². The van der Waals surface area contributed by atoms with Crippen LogP contribution in [0.2, 0.25) is 0 Å². The van der Waals surface area contributed by atoms with Crippen molar-refractivity contribution in [1.29, 1.82) is 0 Å². The largest absolute Gasteiger partial charge is 0.481 e. The third-order valence-corrected chi connectivity index (χ3v) is 13.0. The van der Waals surface area contributed by atoms with Crippen LogP contribution in [0, 0.1) is 40.4 Å². The van der Waals surface area contributed by atoms with Gasteiger partial charge in [0, 0.05) is 19.3 Å². The second-order valence-electron chi connectivity index (χ2n) is 15.3. The first-order chi connectivity index (χ1) is 17.2. The maximum absolute atomic E-state index is 11.8. The zero-order valence-electron chi connectivity index (χ0n) is 23.8. The third kappa shape index (κ3) is 2.88. The van der Waals surface area contributed by atoms with Gasteiger partial charge in [0.2, 0.25) is 5.79 Å². The van der Waals surface area contributed by atoms with Crippen molar-refractivity contribution in [2.45, 2.75) is 117 Å². The van der Waals surface area contributed by atoms with E-state index in [0.29, 0.717) is 23.7 Å². The summed E-state index contributed by atoms with van der Waals surface area (Å²) in [6.45, 7) is 16.4. The van der Waals surface area contributed by atoms with Crippen molar-refractivity contribution in [3.05, 3.63) is 34.4 Å². The Hall–Kier alpha value is -1.97. The monoisotopic (exact) mass is 504 g/mol. The molecule has 7 rings (SSSR count). The molecule has 1 aromatic carbocycles. The molecule has 4 saturated carbocycles. The van der Waals surface area contributed by atoms with Gasteiger partial charge in [-0.15, -0.1) is 0 Å². The van der Waals surface area contributed by atoms with E-state index in [0.717, 1.165) is 37.2 Å². The average Bonchev–Trinajstić information content (AvgIpc) is 3.36. The van der Waals surface area contributed by atoms with Gasteiger partial charge >= 0.3 is 5.97 Å². The fourth-order valence-electron chi connectivity index (χ4n) is 10.8. The standard InChI is InChI=1S/C33H44O4/c1-19-21-8-9-24-30(5,22(21)14-23-27(19)37-28(2,3)36-23)11-13-32(7)25-17-33(18-26(34)35)16-20(33)15-29(25,4)10-12-31(24,32)6/h9,14,20,25H,8,10-13,15-18H2,1-7H3,(H,34,35)/t20?,25-,29+,30+,31-,32+,33-/m1/s1. The number of aliphatic carboxylic acids is 1. The lowest BCUT2D eigenvalue weighted by atomic mass is 9.35. The van der Waals surface area contributed by atoms with Crippen molar-refractivity contribution in [1.82, 2.24) is 0 Å². The summed E-state index contributed by atoms with van der Waals surface area (Å²) in [6, 6.07) is 2.32. The van der Waals surface area contributed by atoms with Gasteiger partial charge in [0.15, 0.2) is 11.5 Å². The van der Waals surface area contributed by atoms with Gasteiger partial charge in [-0.2, -0.15) is 0 Å². The molecule has 0 spiro atoms. The molecule has 0 radical (unpaired) electrons. The molecule has 4 nitrogen and oxygen atoms in total. The van der Waals surface area contributed by atoms with Crippen LogP contribution >= 0.6 is 0 Å². The summed E-state index contributed by atoms with van der Waals surface area (Å²) in [5.74, 6) is 1.82. The van der Waals surface area contributed by atoms with E-state index in [2.05, 4.69) is 46.8 Å². The Morgan fingerprint density at radius 3 is 2.49 bits per heavy atom. The number of rotatable bonds is 2. The smallest absolute Gasteiger partial charge is 0.303 e. The van der Waals surface area contributed by atoms with E-state index in [1.165, 1.54) is 42.4 Å². The number of carboxylic acids is 1. The number of carboxylic acid groups (broad SMARTS) is 1. The molecule has 4 heteroatoms.